The second-order valence-corrected chi connectivity index (χ2v) is 7.34. The molecule has 5 heteroatoms. The Labute approximate surface area is 138 Å². The lowest BCUT2D eigenvalue weighted by Crippen LogP contribution is -2.41. The van der Waals surface area contributed by atoms with Crippen LogP contribution in [0.3, 0.4) is 0 Å². The van der Waals surface area contributed by atoms with E-state index >= 15 is 0 Å². The van der Waals surface area contributed by atoms with Crippen LogP contribution in [0.1, 0.15) is 42.9 Å². The van der Waals surface area contributed by atoms with Crippen LogP contribution in [0.5, 0.6) is 11.5 Å². The van der Waals surface area contributed by atoms with Crippen LogP contribution < -0.4 is 15.2 Å². The second-order valence-electron chi connectivity index (χ2n) is 6.49. The summed E-state index contributed by atoms with van der Waals surface area (Å²) < 4.78 is 12.8. The molecule has 0 unspecified atom stereocenters. The van der Waals surface area contributed by atoms with E-state index in [0.29, 0.717) is 6.42 Å². The van der Waals surface area contributed by atoms with E-state index in [4.69, 9.17) is 15.2 Å². The molecule has 1 aromatic rings. The Balaban J connectivity index is 2.03. The first-order chi connectivity index (χ1) is 10.6. The zero-order chi connectivity index (χ0) is 15.5. The van der Waals surface area contributed by atoms with Crippen molar-refractivity contribution in [2.45, 2.75) is 49.3 Å². The second kappa shape index (κ2) is 4.98. The van der Waals surface area contributed by atoms with Crippen LogP contribution >= 0.6 is 15.9 Å². The van der Waals surface area contributed by atoms with E-state index in [9.17, 15) is 5.11 Å². The van der Waals surface area contributed by atoms with Gasteiger partial charge in [-0.1, -0.05) is 34.5 Å². The number of hydrogen-bond acceptors (Lipinski definition) is 4. The molecule has 0 bridgehead atoms. The van der Waals surface area contributed by atoms with Gasteiger partial charge in [0.1, 0.15) is 6.10 Å². The Morgan fingerprint density at radius 3 is 3.09 bits per heavy atom. The lowest BCUT2D eigenvalue weighted by Gasteiger charge is -2.35. The molecule has 0 aromatic heterocycles. The van der Waals surface area contributed by atoms with Crippen molar-refractivity contribution in [1.29, 1.82) is 0 Å². The Morgan fingerprint density at radius 2 is 2.32 bits per heavy atom. The Hall–Kier alpha value is -1.04. The first-order valence-electron chi connectivity index (χ1n) is 7.77. The number of hydrogen-bond donors (Lipinski definition) is 2. The lowest BCUT2D eigenvalue weighted by atomic mass is 9.69. The van der Waals surface area contributed by atoms with Crippen molar-refractivity contribution in [1.82, 2.24) is 0 Å². The van der Waals surface area contributed by atoms with Gasteiger partial charge in [0, 0.05) is 22.5 Å². The number of benzene rings is 1. The summed E-state index contributed by atoms with van der Waals surface area (Å²) >= 11 is 3.67. The van der Waals surface area contributed by atoms with Crippen LogP contribution in [0.2, 0.25) is 0 Å². The fraction of sp³-hybridized carbons (Fsp3) is 0.529. The van der Waals surface area contributed by atoms with Gasteiger partial charge in [-0.2, -0.15) is 0 Å². The molecule has 118 valence electrons. The molecular formula is C17H20BrNO3. The molecule has 0 amide bonds. The van der Waals surface area contributed by atoms with Gasteiger partial charge in [-0.05, 0) is 24.5 Å². The van der Waals surface area contributed by atoms with Gasteiger partial charge < -0.3 is 20.3 Å². The summed E-state index contributed by atoms with van der Waals surface area (Å²) in [5, 5.41) is 10.0. The molecule has 0 fully saturated rings. The first-order valence-corrected chi connectivity index (χ1v) is 8.56. The highest BCUT2D eigenvalue weighted by atomic mass is 79.9. The van der Waals surface area contributed by atoms with Gasteiger partial charge in [0.2, 0.25) is 0 Å². The zero-order valence-electron chi connectivity index (χ0n) is 12.5. The number of methoxy groups -OCH3 is 1. The summed E-state index contributed by atoms with van der Waals surface area (Å²) in [5.74, 6) is 1.54. The fourth-order valence-electron chi connectivity index (χ4n) is 4.28. The maximum atomic E-state index is 10.0. The smallest absolute Gasteiger partial charge is 0.166 e. The van der Waals surface area contributed by atoms with Gasteiger partial charge in [-0.25, -0.2) is 0 Å². The number of halogens is 1. The third kappa shape index (κ3) is 1.82. The molecule has 0 saturated carbocycles. The Bertz CT molecular complexity index is 660. The van der Waals surface area contributed by atoms with E-state index in [0.717, 1.165) is 46.4 Å². The molecule has 1 spiro atoms. The standard InChI is InChI=1S/C17H20BrNO3/c1-21-12-8-10(18)14-11(19)3-2-5-17-6-4-9(20)7-13(17)22-16(12)15(14)17/h4,6,8-9,11,13,20H,2-3,5,7,19H2,1H3/t9-,11+,13-,17+/m0/s1. The quantitative estimate of drug-likeness (QED) is 0.750. The van der Waals surface area contributed by atoms with Gasteiger partial charge in [0.15, 0.2) is 11.5 Å². The molecule has 0 saturated heterocycles. The number of aliphatic hydroxyl groups is 1. The van der Waals surface area contributed by atoms with Crippen LogP contribution in [-0.4, -0.2) is 24.4 Å². The van der Waals surface area contributed by atoms with Crippen LogP contribution in [0, 0.1) is 0 Å². The number of rotatable bonds is 1. The van der Waals surface area contributed by atoms with Crippen molar-refractivity contribution in [2.24, 2.45) is 5.73 Å². The zero-order valence-corrected chi connectivity index (χ0v) is 14.1. The van der Waals surface area contributed by atoms with Crippen LogP contribution in [-0.2, 0) is 5.41 Å². The molecule has 1 aromatic carbocycles. The van der Waals surface area contributed by atoms with Crippen molar-refractivity contribution in [2.75, 3.05) is 7.11 Å². The maximum absolute atomic E-state index is 10.0. The summed E-state index contributed by atoms with van der Waals surface area (Å²) in [4.78, 5) is 0. The minimum absolute atomic E-state index is 0.00370. The first kappa shape index (κ1) is 14.5. The molecule has 3 aliphatic rings. The maximum Gasteiger partial charge on any atom is 0.166 e. The highest BCUT2D eigenvalue weighted by Gasteiger charge is 2.53. The summed E-state index contributed by atoms with van der Waals surface area (Å²) in [6, 6.07) is 1.95. The summed E-state index contributed by atoms with van der Waals surface area (Å²) in [6.07, 6.45) is 7.17. The highest BCUT2D eigenvalue weighted by molar-refractivity contribution is 9.10. The molecule has 4 rings (SSSR count). The number of nitrogens with two attached hydrogens (primary N) is 1. The predicted octanol–water partition coefficient (Wildman–Crippen LogP) is 2.96. The van der Waals surface area contributed by atoms with Crippen molar-refractivity contribution < 1.29 is 14.6 Å². The van der Waals surface area contributed by atoms with E-state index in [-0.39, 0.29) is 17.6 Å². The molecule has 4 atom stereocenters. The fourth-order valence-corrected chi connectivity index (χ4v) is 4.98. The van der Waals surface area contributed by atoms with Crippen LogP contribution in [0.15, 0.2) is 22.7 Å². The molecule has 22 heavy (non-hydrogen) atoms. The van der Waals surface area contributed by atoms with E-state index in [2.05, 4.69) is 22.0 Å². The van der Waals surface area contributed by atoms with Gasteiger partial charge >= 0.3 is 0 Å². The minimum Gasteiger partial charge on any atom is -0.493 e. The van der Waals surface area contributed by atoms with Gasteiger partial charge in [0.25, 0.3) is 0 Å². The van der Waals surface area contributed by atoms with Gasteiger partial charge in [-0.3, -0.25) is 0 Å². The molecular weight excluding hydrogens is 346 g/mol. The average molecular weight is 366 g/mol. The molecule has 3 N–H and O–H groups in total. The molecule has 1 heterocycles. The third-order valence-corrected chi connectivity index (χ3v) is 5.96. The van der Waals surface area contributed by atoms with E-state index in [1.54, 1.807) is 7.11 Å². The predicted molar refractivity (Wildman–Crippen MR) is 87.3 cm³/mol. The monoisotopic (exact) mass is 365 g/mol. The summed E-state index contributed by atoms with van der Waals surface area (Å²) in [7, 11) is 1.66. The summed E-state index contributed by atoms with van der Waals surface area (Å²) in [5.41, 5.74) is 8.56. The molecule has 0 radical (unpaired) electrons. The van der Waals surface area contributed by atoms with E-state index in [1.165, 1.54) is 0 Å². The number of ether oxygens (including phenoxy) is 2. The third-order valence-electron chi connectivity index (χ3n) is 5.30. The van der Waals surface area contributed by atoms with Gasteiger partial charge in [0.05, 0.1) is 18.6 Å². The van der Waals surface area contributed by atoms with Crippen molar-refractivity contribution in [3.63, 3.8) is 0 Å². The Kier molecular flexibility index (Phi) is 3.29. The highest BCUT2D eigenvalue weighted by Crippen LogP contribution is 2.59. The van der Waals surface area contributed by atoms with Crippen LogP contribution in [0.25, 0.3) is 0 Å². The lowest BCUT2D eigenvalue weighted by molar-refractivity contribution is 0.0841. The van der Waals surface area contributed by atoms with Crippen LogP contribution in [0.4, 0.5) is 0 Å². The van der Waals surface area contributed by atoms with Gasteiger partial charge in [-0.15, -0.1) is 0 Å². The largest absolute Gasteiger partial charge is 0.493 e. The van der Waals surface area contributed by atoms with Crippen molar-refractivity contribution in [3.8, 4) is 11.5 Å². The SMILES string of the molecule is COc1cc(Br)c2c3c1O[C@H]1C[C@@H](O)C=C[C@@]31CCC[C@H]2N. The van der Waals surface area contributed by atoms with Crippen molar-refractivity contribution in [3.05, 3.63) is 33.8 Å². The number of aliphatic hydroxyl groups excluding tert-OH is 1. The van der Waals surface area contributed by atoms with Crippen molar-refractivity contribution >= 4 is 15.9 Å². The van der Waals surface area contributed by atoms with E-state index in [1.807, 2.05) is 12.1 Å². The molecule has 4 nitrogen and oxygen atoms in total. The topological polar surface area (TPSA) is 64.7 Å². The normalized spacial score (nSPS) is 35.4. The Morgan fingerprint density at radius 1 is 1.50 bits per heavy atom. The van der Waals surface area contributed by atoms with E-state index < -0.39 is 6.10 Å². The molecule has 2 aliphatic carbocycles. The molecule has 1 aliphatic heterocycles. The summed E-state index contributed by atoms with van der Waals surface area (Å²) in [6.45, 7) is 0. The average Bonchev–Trinajstić information content (AvgIpc) is 2.72. The minimum atomic E-state index is -0.445.